The van der Waals surface area contributed by atoms with E-state index in [0.29, 0.717) is 91.8 Å². The van der Waals surface area contributed by atoms with Gasteiger partial charge < -0.3 is 69.8 Å². The van der Waals surface area contributed by atoms with Crippen molar-refractivity contribution in [3.05, 3.63) is 362 Å². The fraction of sp³-hybridized carbons (Fsp3) is 0. The zero-order valence-corrected chi connectivity index (χ0v) is 73.6. The third kappa shape index (κ3) is 14.0. The van der Waals surface area contributed by atoms with Gasteiger partial charge in [0.2, 0.25) is 0 Å². The van der Waals surface area contributed by atoms with Crippen LogP contribution in [0.25, 0.3) is 270 Å². The molecule has 0 amide bonds. The molecule has 607 valence electrons. The Hall–Kier alpha value is -15.4. The number of fused-ring (bicyclic) bond motifs is 48. The van der Waals surface area contributed by atoms with Crippen molar-refractivity contribution in [2.45, 2.75) is 0 Å². The van der Waals surface area contributed by atoms with Crippen LogP contribution in [0.15, 0.2) is 340 Å². The zero-order chi connectivity index (χ0) is 84.3. The molecule has 9 aromatic heterocycles. The molecular formula is C108H60N20Sm2-3. The van der Waals surface area contributed by atoms with Crippen molar-refractivity contribution in [1.29, 1.82) is 0 Å². The molecule has 0 spiro atoms. The minimum Gasteiger partial charge on any atom is -0.657 e. The van der Waals surface area contributed by atoms with E-state index in [1.165, 1.54) is 0 Å². The van der Waals surface area contributed by atoms with Crippen LogP contribution in [-0.4, -0.2) is 69.8 Å². The molecule has 21 aromatic rings. The normalized spacial score (nSPS) is 11.8. The molecule has 6 aliphatic rings. The Morgan fingerprint density at radius 1 is 0.146 bits per heavy atom. The average Bonchev–Trinajstić information content (AvgIpc) is 1.61. The van der Waals surface area contributed by atoms with Crippen molar-refractivity contribution in [3.63, 3.8) is 0 Å². The van der Waals surface area contributed by atoms with Crippen molar-refractivity contribution in [3.8, 4) is 136 Å². The molecule has 0 saturated carbocycles. The van der Waals surface area contributed by atoms with Crippen molar-refractivity contribution < 1.29 is 80.8 Å². The topological polar surface area (TPSA) is 265 Å². The van der Waals surface area contributed by atoms with Crippen LogP contribution in [0.4, 0.5) is 0 Å². The summed E-state index contributed by atoms with van der Waals surface area (Å²) in [5.41, 5.74) is 26.6. The van der Waals surface area contributed by atoms with Gasteiger partial charge >= 0.3 is 40.4 Å². The molecular weight excluding hydrogens is 1880 g/mol. The third-order valence-electron chi connectivity index (χ3n) is 23.5. The van der Waals surface area contributed by atoms with E-state index in [2.05, 4.69) is 146 Å². The Kier molecular flexibility index (Phi) is 20.2. The van der Waals surface area contributed by atoms with Crippen molar-refractivity contribution in [2.24, 2.45) is 0 Å². The second kappa shape index (κ2) is 33.1. The van der Waals surface area contributed by atoms with E-state index >= 15 is 0 Å². The van der Waals surface area contributed by atoms with Crippen LogP contribution in [-0.2, 0) is 0 Å². The molecule has 0 saturated heterocycles. The summed E-state index contributed by atoms with van der Waals surface area (Å²) in [4.78, 5) is 99.8. The molecule has 0 atom stereocenters. The maximum atomic E-state index is 5.31. The molecule has 15 heterocycles. The van der Waals surface area contributed by atoms with Gasteiger partial charge in [-0.1, -0.05) is 340 Å². The first-order valence-corrected chi connectivity index (χ1v) is 41.8. The summed E-state index contributed by atoms with van der Waals surface area (Å²) in [7, 11) is 0. The molecule has 27 rings (SSSR count). The summed E-state index contributed by atoms with van der Waals surface area (Å²) in [6.07, 6.45) is 8.41. The summed E-state index contributed by atoms with van der Waals surface area (Å²) in [5.74, 6) is 4.42. The molecule has 130 heavy (non-hydrogen) atoms. The number of rotatable bonds is 4. The van der Waals surface area contributed by atoms with Gasteiger partial charge in [-0.25, -0.2) is 29.9 Å². The molecule has 0 N–H and O–H groups in total. The largest absolute Gasteiger partial charge is 3.00 e. The Morgan fingerprint density at radius 2 is 0.300 bits per heavy atom. The molecule has 20 nitrogen and oxygen atoms in total. The van der Waals surface area contributed by atoms with Gasteiger partial charge in [0.25, 0.3) is 0 Å². The van der Waals surface area contributed by atoms with Gasteiger partial charge in [0.1, 0.15) is 0 Å². The van der Waals surface area contributed by atoms with Gasteiger partial charge in [-0.15, -0.1) is 22.1 Å². The van der Waals surface area contributed by atoms with Gasteiger partial charge in [-0.05, 0) is 112 Å². The monoisotopic (exact) mass is 1940 g/mol. The van der Waals surface area contributed by atoms with Gasteiger partial charge in [0.05, 0.1) is 69.4 Å². The van der Waals surface area contributed by atoms with Crippen molar-refractivity contribution in [1.82, 2.24) is 99.7 Å². The van der Waals surface area contributed by atoms with E-state index in [0.717, 1.165) is 177 Å². The van der Waals surface area contributed by atoms with Crippen LogP contribution in [0, 0.1) is 80.8 Å². The van der Waals surface area contributed by atoms with Gasteiger partial charge in [-0.3, -0.25) is 0 Å². The smallest absolute Gasteiger partial charge is 0.657 e. The predicted molar refractivity (Wildman–Crippen MR) is 507 cm³/mol. The fourth-order valence-corrected chi connectivity index (χ4v) is 17.6. The maximum Gasteiger partial charge on any atom is 3.00 e. The van der Waals surface area contributed by atoms with E-state index < -0.39 is 0 Å². The quantitative estimate of drug-likeness (QED) is 0.158. The molecule has 22 heteroatoms. The number of hydrogen-bond acceptors (Lipinski definition) is 14. The zero-order valence-electron chi connectivity index (χ0n) is 68.4. The standard InChI is InChI=1S/C44H28N4.2C32H16N8.2Sm/c1-5-13-29(14-6-1)41-33-21-23-35(45-33)42(30-15-7-2-8-16-30)37-25-27-39(47-37)44(32-19-11-4-12-20-32)40-28-26-38(48-40)43(31-17-9-3-10-18-31)36-24-22-34(41)46-36;2*1-2-10-18-17(9-1)25-33-26(18)38-28-21-13-5-6-14-22(21)30(35-28)40-32-24-16-8-7-15-23(24)31(36-32)39-29-20-12-4-3-11-19(20)27(34-29)37-25;;/h1-28H;2*1-16H;;/q3*-2;;+3. The van der Waals surface area contributed by atoms with Crippen molar-refractivity contribution >= 4 is 135 Å². The Balaban J connectivity index is 0.000000111. The van der Waals surface area contributed by atoms with E-state index in [-0.39, 0.29) is 80.8 Å². The number of nitrogens with zero attached hydrogens (tertiary/aromatic N) is 20. The minimum absolute atomic E-state index is 0. The van der Waals surface area contributed by atoms with E-state index in [9.17, 15) is 0 Å². The number of benzene rings is 12. The van der Waals surface area contributed by atoms with Crippen LogP contribution in [0.1, 0.15) is 22.8 Å². The van der Waals surface area contributed by atoms with Crippen LogP contribution >= 0.6 is 0 Å². The van der Waals surface area contributed by atoms with Gasteiger partial charge in [0.15, 0.2) is 0 Å². The van der Waals surface area contributed by atoms with E-state index in [4.69, 9.17) is 99.7 Å². The first-order valence-electron chi connectivity index (χ1n) is 41.8. The number of aromatic nitrogens is 20. The summed E-state index contributed by atoms with van der Waals surface area (Å²) in [6.45, 7) is 0. The Bertz CT molecular complexity index is 7540. The first-order chi connectivity index (χ1) is 63.4. The second-order valence-corrected chi connectivity index (χ2v) is 31.2. The first kappa shape index (κ1) is 79.3. The Labute approximate surface area is 805 Å². The molecule has 0 unspecified atom stereocenters. The summed E-state index contributed by atoms with van der Waals surface area (Å²) < 4.78 is 0. The minimum atomic E-state index is 0. The summed E-state index contributed by atoms with van der Waals surface area (Å²) in [6, 6.07) is 114. The maximum absolute atomic E-state index is 5.31. The molecule has 6 aliphatic heterocycles. The third-order valence-corrected chi connectivity index (χ3v) is 23.5. The molecule has 0 aliphatic carbocycles. The van der Waals surface area contributed by atoms with Crippen LogP contribution in [0.2, 0.25) is 0 Å². The Morgan fingerprint density at radius 3 is 0.469 bits per heavy atom. The molecule has 24 bridgehead atoms. The van der Waals surface area contributed by atoms with E-state index in [1.54, 1.807) is 0 Å². The fourth-order valence-electron chi connectivity index (χ4n) is 17.6. The van der Waals surface area contributed by atoms with Crippen LogP contribution in [0.3, 0.4) is 0 Å². The summed E-state index contributed by atoms with van der Waals surface area (Å²) >= 11 is 0. The summed E-state index contributed by atoms with van der Waals surface area (Å²) in [5, 5.41) is 7.15. The molecule has 1 radical (unpaired) electrons. The molecule has 0 fully saturated rings. The van der Waals surface area contributed by atoms with Crippen LogP contribution in [0.5, 0.6) is 0 Å². The second-order valence-electron chi connectivity index (χ2n) is 31.2. The molecule has 12 aromatic carbocycles. The predicted octanol–water partition coefficient (Wildman–Crippen LogP) is 22.8. The van der Waals surface area contributed by atoms with Crippen LogP contribution < -0.4 is 29.9 Å². The average molecular weight is 1940 g/mol. The number of hydrogen-bond donors (Lipinski definition) is 0. The van der Waals surface area contributed by atoms with E-state index in [1.807, 2.05) is 218 Å². The van der Waals surface area contributed by atoms with Gasteiger partial charge in [-0.2, -0.15) is 0 Å². The van der Waals surface area contributed by atoms with Gasteiger partial charge in [0, 0.05) is 130 Å². The van der Waals surface area contributed by atoms with Crippen molar-refractivity contribution in [2.75, 3.05) is 0 Å². The SMILES string of the molecule is C1=Cc2nc1c(-c1ccccc1)c1ccc([n-]1)c(-c1ccccc1)c1nc(c(-c3ccccc3)c3ccc([n-]3)c2-c2ccccc2)C=C1.[Sm+3].[Sm].c1ccc2c(c1)-c1nc-2nc2[n-]c(nc3nc(nc4[n-]c(n1)c1ccccc41)-c1ccccc1-3)c1ccccc21.c1ccc2c(c1)-c1nc-2nc2[n-]c(nc3nc(nc4[n-]c(n1)c1ccccc41)-c1ccccc1-3)c1ccccc21.